The molecule has 2 fully saturated rings. The summed E-state index contributed by atoms with van der Waals surface area (Å²) in [5, 5.41) is 6.27. The Hall–Kier alpha value is -0.860. The fourth-order valence-electron chi connectivity index (χ4n) is 3.30. The molecule has 2 aliphatic carbocycles. The number of sulfonamides is 1. The van der Waals surface area contributed by atoms with E-state index < -0.39 is 10.0 Å². The molecule has 0 spiro atoms. The molecule has 2 saturated carbocycles. The highest BCUT2D eigenvalue weighted by Gasteiger charge is 2.20. The monoisotopic (exact) mass is 388 g/mol. The molecule has 0 aromatic carbocycles. The van der Waals surface area contributed by atoms with Gasteiger partial charge in [0.1, 0.15) is 0 Å². The standard InChI is InChI=1S/C18H36N4O3S/c1-19-18(20-11-6-13-25-17-9-3-2-4-10-17)21-12-14-26(23,24)22-15-16-7-5-8-16/h16-17,22H,2-15H2,1H3,(H2,19,20,21). The van der Waals surface area contributed by atoms with Gasteiger partial charge in [0, 0.05) is 33.3 Å². The third kappa shape index (κ3) is 8.68. The molecule has 0 amide bonds. The molecule has 0 atom stereocenters. The molecule has 7 nitrogen and oxygen atoms in total. The zero-order valence-electron chi connectivity index (χ0n) is 16.1. The van der Waals surface area contributed by atoms with Crippen molar-refractivity contribution in [1.29, 1.82) is 0 Å². The van der Waals surface area contributed by atoms with Crippen LogP contribution in [-0.4, -0.2) is 59.5 Å². The molecular weight excluding hydrogens is 352 g/mol. The van der Waals surface area contributed by atoms with E-state index in [0.717, 1.165) is 32.4 Å². The highest BCUT2D eigenvalue weighted by molar-refractivity contribution is 7.89. The van der Waals surface area contributed by atoms with Crippen molar-refractivity contribution in [2.75, 3.05) is 39.0 Å². The zero-order valence-corrected chi connectivity index (χ0v) is 17.0. The van der Waals surface area contributed by atoms with E-state index in [4.69, 9.17) is 4.74 Å². The van der Waals surface area contributed by atoms with Gasteiger partial charge in [0.25, 0.3) is 0 Å². The SMILES string of the molecule is CN=C(NCCCOC1CCCCC1)NCCS(=O)(=O)NCC1CCC1. The van der Waals surface area contributed by atoms with E-state index in [1.54, 1.807) is 7.05 Å². The predicted octanol–water partition coefficient (Wildman–Crippen LogP) is 1.61. The Labute approximate surface area is 158 Å². The van der Waals surface area contributed by atoms with Crippen molar-refractivity contribution in [3.05, 3.63) is 0 Å². The quantitative estimate of drug-likeness (QED) is 0.284. The lowest BCUT2D eigenvalue weighted by Gasteiger charge is -2.25. The minimum absolute atomic E-state index is 0.0607. The van der Waals surface area contributed by atoms with E-state index in [1.807, 2.05) is 0 Å². The van der Waals surface area contributed by atoms with Gasteiger partial charge in [0.2, 0.25) is 10.0 Å². The number of ether oxygens (including phenoxy) is 1. The molecule has 0 heterocycles. The molecule has 0 aromatic heterocycles. The number of nitrogens with zero attached hydrogens (tertiary/aromatic N) is 1. The Balaban J connectivity index is 1.50. The molecule has 0 aromatic rings. The Kier molecular flexibility index (Phi) is 9.71. The minimum atomic E-state index is -3.21. The average molecular weight is 389 g/mol. The maximum atomic E-state index is 12.0. The molecule has 2 rings (SSSR count). The summed E-state index contributed by atoms with van der Waals surface area (Å²) in [6.07, 6.45) is 11.2. The van der Waals surface area contributed by atoms with Gasteiger partial charge in [-0.1, -0.05) is 25.7 Å². The second-order valence-electron chi connectivity index (χ2n) is 7.37. The van der Waals surface area contributed by atoms with Crippen molar-refractivity contribution in [1.82, 2.24) is 15.4 Å². The number of rotatable bonds is 11. The second kappa shape index (κ2) is 11.8. The Morgan fingerprint density at radius 3 is 2.42 bits per heavy atom. The summed E-state index contributed by atoms with van der Waals surface area (Å²) in [5.74, 6) is 1.23. The molecule has 0 saturated heterocycles. The Morgan fingerprint density at radius 2 is 1.77 bits per heavy atom. The highest BCUT2D eigenvalue weighted by Crippen LogP contribution is 2.25. The Morgan fingerprint density at radius 1 is 1.04 bits per heavy atom. The number of hydrogen-bond acceptors (Lipinski definition) is 4. The van der Waals surface area contributed by atoms with Crippen LogP contribution in [0.1, 0.15) is 57.8 Å². The van der Waals surface area contributed by atoms with Gasteiger partial charge >= 0.3 is 0 Å². The summed E-state index contributed by atoms with van der Waals surface area (Å²) in [7, 11) is -1.52. The summed E-state index contributed by atoms with van der Waals surface area (Å²) in [5.41, 5.74) is 0. The minimum Gasteiger partial charge on any atom is -0.378 e. The summed E-state index contributed by atoms with van der Waals surface area (Å²) in [6.45, 7) is 2.45. The van der Waals surface area contributed by atoms with E-state index in [1.165, 1.54) is 38.5 Å². The first-order valence-corrected chi connectivity index (χ1v) is 11.8. The molecule has 2 aliphatic rings. The van der Waals surface area contributed by atoms with Crippen LogP contribution in [0, 0.1) is 5.92 Å². The zero-order chi connectivity index (χ0) is 18.7. The molecule has 0 aliphatic heterocycles. The summed E-state index contributed by atoms with van der Waals surface area (Å²) >= 11 is 0. The van der Waals surface area contributed by atoms with E-state index in [9.17, 15) is 8.42 Å². The lowest BCUT2D eigenvalue weighted by atomic mass is 9.86. The molecular formula is C18H36N4O3S. The topological polar surface area (TPSA) is 91.8 Å². The van der Waals surface area contributed by atoms with E-state index in [0.29, 0.717) is 31.1 Å². The predicted molar refractivity (Wildman–Crippen MR) is 106 cm³/mol. The van der Waals surface area contributed by atoms with Gasteiger partial charge in [-0.3, -0.25) is 4.99 Å². The fourth-order valence-corrected chi connectivity index (χ4v) is 4.30. The van der Waals surface area contributed by atoms with Gasteiger partial charge < -0.3 is 15.4 Å². The Bertz CT molecular complexity index is 515. The van der Waals surface area contributed by atoms with Gasteiger partial charge in [0.05, 0.1) is 11.9 Å². The lowest BCUT2D eigenvalue weighted by molar-refractivity contribution is 0.0277. The second-order valence-corrected chi connectivity index (χ2v) is 9.30. The molecule has 0 unspecified atom stereocenters. The van der Waals surface area contributed by atoms with Gasteiger partial charge in [0.15, 0.2) is 5.96 Å². The van der Waals surface area contributed by atoms with Crippen LogP contribution in [-0.2, 0) is 14.8 Å². The third-order valence-corrected chi connectivity index (χ3v) is 6.57. The van der Waals surface area contributed by atoms with Crippen LogP contribution >= 0.6 is 0 Å². The number of hydrogen-bond donors (Lipinski definition) is 3. The third-order valence-electron chi connectivity index (χ3n) is 5.22. The van der Waals surface area contributed by atoms with Crippen LogP contribution in [0.2, 0.25) is 0 Å². The molecule has 0 bridgehead atoms. The van der Waals surface area contributed by atoms with Crippen molar-refractivity contribution in [3.63, 3.8) is 0 Å². The smallest absolute Gasteiger partial charge is 0.213 e. The first kappa shape index (κ1) is 21.4. The maximum absolute atomic E-state index is 12.0. The van der Waals surface area contributed by atoms with Gasteiger partial charge in [-0.2, -0.15) is 0 Å². The highest BCUT2D eigenvalue weighted by atomic mass is 32.2. The van der Waals surface area contributed by atoms with Crippen molar-refractivity contribution < 1.29 is 13.2 Å². The summed E-state index contributed by atoms with van der Waals surface area (Å²) < 4.78 is 32.5. The van der Waals surface area contributed by atoms with E-state index in [-0.39, 0.29) is 5.75 Å². The van der Waals surface area contributed by atoms with Crippen molar-refractivity contribution >= 4 is 16.0 Å². The molecule has 152 valence electrons. The normalized spacial score (nSPS) is 20.0. The van der Waals surface area contributed by atoms with Crippen molar-refractivity contribution in [3.8, 4) is 0 Å². The van der Waals surface area contributed by atoms with Crippen LogP contribution in [0.4, 0.5) is 0 Å². The van der Waals surface area contributed by atoms with Crippen LogP contribution in [0.25, 0.3) is 0 Å². The van der Waals surface area contributed by atoms with Gasteiger partial charge in [-0.25, -0.2) is 13.1 Å². The van der Waals surface area contributed by atoms with E-state index >= 15 is 0 Å². The largest absolute Gasteiger partial charge is 0.378 e. The van der Waals surface area contributed by atoms with Crippen LogP contribution in [0.5, 0.6) is 0 Å². The first-order valence-electron chi connectivity index (χ1n) is 10.1. The summed E-state index contributed by atoms with van der Waals surface area (Å²) in [6, 6.07) is 0. The molecule has 26 heavy (non-hydrogen) atoms. The van der Waals surface area contributed by atoms with Crippen molar-refractivity contribution in [2.24, 2.45) is 10.9 Å². The van der Waals surface area contributed by atoms with Crippen LogP contribution < -0.4 is 15.4 Å². The van der Waals surface area contributed by atoms with Crippen LogP contribution in [0.3, 0.4) is 0 Å². The molecule has 8 heteroatoms. The van der Waals surface area contributed by atoms with E-state index in [2.05, 4.69) is 20.3 Å². The number of nitrogens with one attached hydrogen (secondary N) is 3. The fraction of sp³-hybridized carbons (Fsp3) is 0.944. The van der Waals surface area contributed by atoms with Gasteiger partial charge in [-0.15, -0.1) is 0 Å². The number of aliphatic imine (C=N–C) groups is 1. The van der Waals surface area contributed by atoms with Crippen LogP contribution in [0.15, 0.2) is 4.99 Å². The van der Waals surface area contributed by atoms with Crippen molar-refractivity contribution in [2.45, 2.75) is 63.9 Å². The molecule has 3 N–H and O–H groups in total. The maximum Gasteiger partial charge on any atom is 0.213 e. The lowest BCUT2D eigenvalue weighted by Crippen LogP contribution is -2.42. The molecule has 0 radical (unpaired) electrons. The first-order chi connectivity index (χ1) is 12.6. The average Bonchev–Trinajstić information content (AvgIpc) is 2.59. The summed E-state index contributed by atoms with van der Waals surface area (Å²) in [4.78, 5) is 4.13. The van der Waals surface area contributed by atoms with Gasteiger partial charge in [-0.05, 0) is 38.0 Å². The number of guanidine groups is 1.